The summed E-state index contributed by atoms with van der Waals surface area (Å²) in [6.45, 7) is 4.37. The van der Waals surface area contributed by atoms with Crippen LogP contribution in [0.3, 0.4) is 0 Å². The minimum absolute atomic E-state index is 0.620. The standard InChI is InChI=1S/C10H17N3S/c1-8-6-12-10(14-8)13(2)9-4-3-5-11-7-9/h6,9,11H,3-5,7H2,1-2H3. The largest absolute Gasteiger partial charge is 0.347 e. The third kappa shape index (κ3) is 2.07. The number of aryl methyl sites for hydroxylation is 1. The fourth-order valence-electron chi connectivity index (χ4n) is 1.83. The number of likely N-dealkylation sites (N-methyl/N-ethyl adjacent to an activating group) is 1. The van der Waals surface area contributed by atoms with E-state index in [4.69, 9.17) is 0 Å². The van der Waals surface area contributed by atoms with Crippen LogP contribution in [0.5, 0.6) is 0 Å². The van der Waals surface area contributed by atoms with E-state index in [2.05, 4.69) is 29.2 Å². The Morgan fingerprint density at radius 3 is 3.07 bits per heavy atom. The highest BCUT2D eigenvalue weighted by Gasteiger charge is 2.19. The average molecular weight is 211 g/mol. The summed E-state index contributed by atoms with van der Waals surface area (Å²) in [5.74, 6) is 0. The number of piperidine rings is 1. The molecule has 4 heteroatoms. The highest BCUT2D eigenvalue weighted by Crippen LogP contribution is 2.23. The fourth-order valence-corrected chi connectivity index (χ4v) is 2.62. The molecular weight excluding hydrogens is 194 g/mol. The van der Waals surface area contributed by atoms with Gasteiger partial charge >= 0.3 is 0 Å². The van der Waals surface area contributed by atoms with Crippen LogP contribution < -0.4 is 10.2 Å². The minimum Gasteiger partial charge on any atom is -0.347 e. The molecule has 2 rings (SSSR count). The third-order valence-corrected chi connectivity index (χ3v) is 3.73. The first-order valence-corrected chi connectivity index (χ1v) is 5.95. The second kappa shape index (κ2) is 4.28. The van der Waals surface area contributed by atoms with Crippen molar-refractivity contribution in [3.8, 4) is 0 Å². The molecule has 1 aliphatic rings. The molecule has 1 unspecified atom stereocenters. The number of rotatable bonds is 2. The van der Waals surface area contributed by atoms with E-state index in [1.165, 1.54) is 24.3 Å². The molecule has 1 atom stereocenters. The van der Waals surface area contributed by atoms with Gasteiger partial charge in [-0.1, -0.05) is 0 Å². The van der Waals surface area contributed by atoms with Gasteiger partial charge in [0.25, 0.3) is 0 Å². The Bertz CT molecular complexity index is 291. The average Bonchev–Trinajstić information content (AvgIpc) is 2.65. The van der Waals surface area contributed by atoms with Crippen LogP contribution in [0, 0.1) is 6.92 Å². The van der Waals surface area contributed by atoms with Gasteiger partial charge < -0.3 is 10.2 Å². The van der Waals surface area contributed by atoms with Gasteiger partial charge in [0.05, 0.1) is 0 Å². The van der Waals surface area contributed by atoms with Crippen LogP contribution in [0.4, 0.5) is 5.13 Å². The van der Waals surface area contributed by atoms with Gasteiger partial charge in [-0.05, 0) is 26.3 Å². The van der Waals surface area contributed by atoms with Crippen LogP contribution >= 0.6 is 11.3 Å². The lowest BCUT2D eigenvalue weighted by molar-refractivity contribution is 0.445. The first-order valence-electron chi connectivity index (χ1n) is 5.13. The Labute approximate surface area is 89.1 Å². The van der Waals surface area contributed by atoms with E-state index in [0.717, 1.165) is 11.7 Å². The van der Waals surface area contributed by atoms with Gasteiger partial charge in [-0.2, -0.15) is 0 Å². The Morgan fingerprint density at radius 1 is 1.64 bits per heavy atom. The van der Waals surface area contributed by atoms with E-state index in [0.29, 0.717) is 6.04 Å². The molecule has 0 aromatic carbocycles. The van der Waals surface area contributed by atoms with E-state index >= 15 is 0 Å². The molecule has 1 aromatic heterocycles. The summed E-state index contributed by atoms with van der Waals surface area (Å²) in [6.07, 6.45) is 4.51. The summed E-state index contributed by atoms with van der Waals surface area (Å²) in [5, 5.41) is 4.58. The number of hydrogen-bond acceptors (Lipinski definition) is 4. The summed E-state index contributed by atoms with van der Waals surface area (Å²) in [4.78, 5) is 8.00. The van der Waals surface area contributed by atoms with E-state index in [9.17, 15) is 0 Å². The minimum atomic E-state index is 0.620. The smallest absolute Gasteiger partial charge is 0.185 e. The molecule has 3 nitrogen and oxygen atoms in total. The van der Waals surface area contributed by atoms with Gasteiger partial charge in [0, 0.05) is 30.7 Å². The van der Waals surface area contributed by atoms with Crippen molar-refractivity contribution in [3.63, 3.8) is 0 Å². The summed E-state index contributed by atoms with van der Waals surface area (Å²) in [5.41, 5.74) is 0. The van der Waals surface area contributed by atoms with E-state index in [1.54, 1.807) is 11.3 Å². The topological polar surface area (TPSA) is 28.2 Å². The quantitative estimate of drug-likeness (QED) is 0.806. The molecule has 1 fully saturated rings. The Kier molecular flexibility index (Phi) is 3.03. The van der Waals surface area contributed by atoms with Crippen LogP contribution in [-0.2, 0) is 0 Å². The van der Waals surface area contributed by atoms with Crippen molar-refractivity contribution < 1.29 is 0 Å². The number of nitrogens with zero attached hydrogens (tertiary/aromatic N) is 2. The Morgan fingerprint density at radius 2 is 2.50 bits per heavy atom. The van der Waals surface area contributed by atoms with E-state index in [-0.39, 0.29) is 0 Å². The van der Waals surface area contributed by atoms with Crippen molar-refractivity contribution in [1.29, 1.82) is 0 Å². The molecule has 0 aliphatic carbocycles. The predicted octanol–water partition coefficient (Wildman–Crippen LogP) is 1.64. The number of hydrogen-bond donors (Lipinski definition) is 1. The highest BCUT2D eigenvalue weighted by molar-refractivity contribution is 7.15. The van der Waals surface area contributed by atoms with Gasteiger partial charge in [0.2, 0.25) is 0 Å². The molecule has 1 aliphatic heterocycles. The Balaban J connectivity index is 2.03. The third-order valence-electron chi connectivity index (χ3n) is 2.73. The first-order chi connectivity index (χ1) is 6.77. The maximum atomic E-state index is 4.41. The molecule has 0 radical (unpaired) electrons. The maximum Gasteiger partial charge on any atom is 0.185 e. The molecule has 14 heavy (non-hydrogen) atoms. The van der Waals surface area contributed by atoms with Gasteiger partial charge in [-0.25, -0.2) is 4.98 Å². The lowest BCUT2D eigenvalue weighted by atomic mass is 10.1. The van der Waals surface area contributed by atoms with Crippen molar-refractivity contribution in [2.75, 3.05) is 25.0 Å². The van der Waals surface area contributed by atoms with Crippen molar-refractivity contribution in [2.45, 2.75) is 25.8 Å². The summed E-state index contributed by atoms with van der Waals surface area (Å²) < 4.78 is 0. The molecule has 0 amide bonds. The molecule has 1 saturated heterocycles. The number of anilines is 1. The van der Waals surface area contributed by atoms with Crippen LogP contribution in [0.25, 0.3) is 0 Å². The second-order valence-electron chi connectivity index (χ2n) is 3.86. The van der Waals surface area contributed by atoms with Crippen LogP contribution in [0.1, 0.15) is 17.7 Å². The van der Waals surface area contributed by atoms with Crippen LogP contribution in [0.2, 0.25) is 0 Å². The van der Waals surface area contributed by atoms with Crippen LogP contribution in [0.15, 0.2) is 6.20 Å². The van der Waals surface area contributed by atoms with Crippen molar-refractivity contribution >= 4 is 16.5 Å². The number of thiazole rings is 1. The maximum absolute atomic E-state index is 4.41. The molecule has 0 spiro atoms. The van der Waals surface area contributed by atoms with Crippen molar-refractivity contribution in [3.05, 3.63) is 11.1 Å². The molecule has 1 aromatic rings. The zero-order valence-electron chi connectivity index (χ0n) is 8.79. The van der Waals surface area contributed by atoms with Gasteiger partial charge in [0.15, 0.2) is 5.13 Å². The summed E-state index contributed by atoms with van der Waals surface area (Å²) in [7, 11) is 2.15. The summed E-state index contributed by atoms with van der Waals surface area (Å²) >= 11 is 1.78. The molecule has 0 bridgehead atoms. The normalized spacial score (nSPS) is 22.3. The van der Waals surface area contributed by atoms with Gasteiger partial charge in [0.1, 0.15) is 0 Å². The second-order valence-corrected chi connectivity index (χ2v) is 5.08. The van der Waals surface area contributed by atoms with E-state index in [1.807, 2.05) is 6.20 Å². The number of aromatic nitrogens is 1. The fraction of sp³-hybridized carbons (Fsp3) is 0.700. The Hall–Kier alpha value is -0.610. The summed E-state index contributed by atoms with van der Waals surface area (Å²) in [6, 6.07) is 0.620. The zero-order valence-corrected chi connectivity index (χ0v) is 9.60. The molecule has 0 saturated carbocycles. The molecular formula is C10H17N3S. The molecule has 78 valence electrons. The predicted molar refractivity (Wildman–Crippen MR) is 61.1 cm³/mol. The lowest BCUT2D eigenvalue weighted by Crippen LogP contribution is -2.44. The SMILES string of the molecule is Cc1cnc(N(C)C2CCCNC2)s1. The highest BCUT2D eigenvalue weighted by atomic mass is 32.1. The van der Waals surface area contributed by atoms with Gasteiger partial charge in [-0.15, -0.1) is 11.3 Å². The zero-order chi connectivity index (χ0) is 9.97. The van der Waals surface area contributed by atoms with Crippen molar-refractivity contribution in [1.82, 2.24) is 10.3 Å². The molecule has 1 N–H and O–H groups in total. The van der Waals surface area contributed by atoms with Crippen LogP contribution in [-0.4, -0.2) is 31.2 Å². The van der Waals surface area contributed by atoms with E-state index < -0.39 is 0 Å². The first kappa shape index (κ1) is 9.93. The monoisotopic (exact) mass is 211 g/mol. The molecule has 2 heterocycles. The number of nitrogens with one attached hydrogen (secondary N) is 1. The van der Waals surface area contributed by atoms with Gasteiger partial charge in [-0.3, -0.25) is 0 Å². The lowest BCUT2D eigenvalue weighted by Gasteiger charge is -2.31. The van der Waals surface area contributed by atoms with Crippen molar-refractivity contribution in [2.24, 2.45) is 0 Å².